The minimum absolute atomic E-state index is 0.0171. The number of nitrogens with zero attached hydrogens (tertiary/aromatic N) is 1. The predicted molar refractivity (Wildman–Crippen MR) is 120 cm³/mol. The zero-order chi connectivity index (χ0) is 22.6. The number of ether oxygens (including phenoxy) is 1. The van der Waals surface area contributed by atoms with Crippen molar-refractivity contribution in [3.8, 4) is 0 Å². The molecule has 0 unspecified atom stereocenters. The number of hydrogen-bond donors (Lipinski definition) is 2. The first-order valence-corrected chi connectivity index (χ1v) is 11.9. The van der Waals surface area contributed by atoms with Crippen LogP contribution in [0, 0.1) is 6.92 Å². The van der Waals surface area contributed by atoms with Crippen LogP contribution in [0.25, 0.3) is 0 Å². The molecule has 1 fully saturated rings. The van der Waals surface area contributed by atoms with Crippen LogP contribution in [-0.4, -0.2) is 52.8 Å². The lowest BCUT2D eigenvalue weighted by atomic mass is 10.1. The summed E-state index contributed by atoms with van der Waals surface area (Å²) in [6.45, 7) is 2.90. The Kier molecular flexibility index (Phi) is 6.97. The maximum absolute atomic E-state index is 12.9. The first-order valence-electron chi connectivity index (χ1n) is 10.0. The lowest BCUT2D eigenvalue weighted by molar-refractivity contribution is 0.0858. The van der Waals surface area contributed by atoms with Crippen molar-refractivity contribution < 1.29 is 22.7 Å². The zero-order valence-corrected chi connectivity index (χ0v) is 18.7. The van der Waals surface area contributed by atoms with E-state index in [9.17, 15) is 18.0 Å². The molecule has 2 aromatic carbocycles. The topological polar surface area (TPSA) is 105 Å². The number of anilines is 2. The third kappa shape index (κ3) is 5.62. The monoisotopic (exact) mass is 445 g/mol. The maximum atomic E-state index is 12.9. The van der Waals surface area contributed by atoms with E-state index in [1.54, 1.807) is 43.3 Å². The summed E-state index contributed by atoms with van der Waals surface area (Å²) in [5, 5.41) is 5.61. The highest BCUT2D eigenvalue weighted by molar-refractivity contribution is 7.92. The summed E-state index contributed by atoms with van der Waals surface area (Å²) in [6.07, 6.45) is 3.02. The highest BCUT2D eigenvalue weighted by Gasteiger charge is 2.20. The van der Waals surface area contributed by atoms with Gasteiger partial charge in [-0.1, -0.05) is 18.2 Å². The van der Waals surface area contributed by atoms with Gasteiger partial charge < -0.3 is 15.4 Å². The molecule has 0 radical (unpaired) electrons. The second-order valence-electron chi connectivity index (χ2n) is 7.58. The van der Waals surface area contributed by atoms with Gasteiger partial charge >= 0.3 is 0 Å². The van der Waals surface area contributed by atoms with Crippen molar-refractivity contribution in [1.29, 1.82) is 0 Å². The summed E-state index contributed by atoms with van der Waals surface area (Å²) in [7, 11) is -2.04. The predicted octanol–water partition coefficient (Wildman–Crippen LogP) is 2.55. The Hall–Kier alpha value is -2.91. The van der Waals surface area contributed by atoms with Crippen LogP contribution < -0.4 is 14.9 Å². The SMILES string of the molecule is Cc1ccc(C(=O)Nc2ccccc2C(=O)NC[C@@H]2CCCO2)cc1N(C)S(C)(=O)=O. The Morgan fingerprint density at radius 1 is 1.16 bits per heavy atom. The van der Waals surface area contributed by atoms with Crippen LogP contribution in [0.1, 0.15) is 39.1 Å². The van der Waals surface area contributed by atoms with E-state index in [4.69, 9.17) is 4.74 Å². The van der Waals surface area contributed by atoms with Gasteiger partial charge in [-0.15, -0.1) is 0 Å². The number of rotatable bonds is 7. The molecule has 1 atom stereocenters. The van der Waals surface area contributed by atoms with Gasteiger partial charge in [0.25, 0.3) is 11.8 Å². The van der Waals surface area contributed by atoms with Crippen LogP contribution in [0.5, 0.6) is 0 Å². The van der Waals surface area contributed by atoms with E-state index in [-0.39, 0.29) is 17.6 Å². The lowest BCUT2D eigenvalue weighted by Crippen LogP contribution is -2.32. The number of hydrogen-bond acceptors (Lipinski definition) is 5. The molecule has 1 aliphatic heterocycles. The van der Waals surface area contributed by atoms with Crippen molar-refractivity contribution >= 4 is 33.2 Å². The molecule has 0 aromatic heterocycles. The van der Waals surface area contributed by atoms with E-state index in [0.717, 1.165) is 29.0 Å². The fourth-order valence-corrected chi connectivity index (χ4v) is 3.91. The van der Waals surface area contributed by atoms with Crippen molar-refractivity contribution in [3.05, 3.63) is 59.2 Å². The van der Waals surface area contributed by atoms with Crippen molar-refractivity contribution in [3.63, 3.8) is 0 Å². The molecule has 0 bridgehead atoms. The minimum Gasteiger partial charge on any atom is -0.376 e. The number of carbonyl (C=O) groups is 2. The highest BCUT2D eigenvalue weighted by Crippen LogP contribution is 2.24. The Morgan fingerprint density at radius 3 is 2.58 bits per heavy atom. The number of para-hydroxylation sites is 1. The Balaban J connectivity index is 1.77. The van der Waals surface area contributed by atoms with Crippen molar-refractivity contribution in [2.24, 2.45) is 0 Å². The molecule has 31 heavy (non-hydrogen) atoms. The fourth-order valence-electron chi connectivity index (χ4n) is 3.36. The van der Waals surface area contributed by atoms with Crippen molar-refractivity contribution in [2.75, 3.05) is 36.1 Å². The molecule has 1 saturated heterocycles. The van der Waals surface area contributed by atoms with E-state index in [1.165, 1.54) is 13.1 Å². The van der Waals surface area contributed by atoms with E-state index in [1.807, 2.05) is 0 Å². The molecular formula is C22H27N3O5S. The second kappa shape index (κ2) is 9.49. The number of nitrogens with one attached hydrogen (secondary N) is 2. The van der Waals surface area contributed by atoms with E-state index >= 15 is 0 Å². The van der Waals surface area contributed by atoms with Crippen LogP contribution in [0.4, 0.5) is 11.4 Å². The number of sulfonamides is 1. The summed E-state index contributed by atoms with van der Waals surface area (Å²) in [5.74, 6) is -0.740. The summed E-state index contributed by atoms with van der Waals surface area (Å²) in [6, 6.07) is 11.6. The summed E-state index contributed by atoms with van der Waals surface area (Å²) in [4.78, 5) is 25.5. The van der Waals surface area contributed by atoms with Crippen LogP contribution in [0.15, 0.2) is 42.5 Å². The van der Waals surface area contributed by atoms with E-state index in [2.05, 4.69) is 10.6 Å². The molecule has 1 aliphatic rings. The molecule has 0 aliphatic carbocycles. The molecule has 166 valence electrons. The quantitative estimate of drug-likeness (QED) is 0.682. The van der Waals surface area contributed by atoms with Crippen molar-refractivity contribution in [1.82, 2.24) is 5.32 Å². The highest BCUT2D eigenvalue weighted by atomic mass is 32.2. The number of benzene rings is 2. The molecule has 2 amide bonds. The van der Waals surface area contributed by atoms with Crippen LogP contribution in [0.3, 0.4) is 0 Å². The third-order valence-corrected chi connectivity index (χ3v) is 6.43. The smallest absolute Gasteiger partial charge is 0.255 e. The Morgan fingerprint density at radius 2 is 1.90 bits per heavy atom. The summed E-state index contributed by atoms with van der Waals surface area (Å²) < 4.78 is 30.5. The first kappa shape index (κ1) is 22.8. The van der Waals surface area contributed by atoms with Crippen molar-refractivity contribution in [2.45, 2.75) is 25.9 Å². The maximum Gasteiger partial charge on any atom is 0.255 e. The number of amides is 2. The minimum atomic E-state index is -3.47. The van der Waals surface area contributed by atoms with Gasteiger partial charge in [0, 0.05) is 25.8 Å². The lowest BCUT2D eigenvalue weighted by Gasteiger charge is -2.20. The molecule has 8 nitrogen and oxygen atoms in total. The Bertz CT molecular complexity index is 1080. The molecule has 3 rings (SSSR count). The third-order valence-electron chi connectivity index (χ3n) is 5.24. The molecule has 0 saturated carbocycles. The van der Waals surface area contributed by atoms with Crippen LogP contribution in [0.2, 0.25) is 0 Å². The first-order chi connectivity index (χ1) is 14.7. The average Bonchev–Trinajstić information content (AvgIpc) is 3.25. The van der Waals surface area contributed by atoms with Crippen LogP contribution >= 0.6 is 0 Å². The average molecular weight is 446 g/mol. The van der Waals surface area contributed by atoms with Gasteiger partial charge in [-0.3, -0.25) is 13.9 Å². The van der Waals surface area contributed by atoms with Gasteiger partial charge in [-0.2, -0.15) is 0 Å². The Labute approximate surface area is 182 Å². The molecule has 0 spiro atoms. The van der Waals surface area contributed by atoms with E-state index < -0.39 is 15.9 Å². The second-order valence-corrected chi connectivity index (χ2v) is 9.59. The van der Waals surface area contributed by atoms with Crippen LogP contribution in [-0.2, 0) is 14.8 Å². The molecule has 9 heteroatoms. The molecular weight excluding hydrogens is 418 g/mol. The van der Waals surface area contributed by atoms with Gasteiger partial charge in [0.1, 0.15) is 0 Å². The molecule has 1 heterocycles. The molecule has 2 aromatic rings. The standard InChI is InChI=1S/C22H27N3O5S/c1-15-10-11-16(13-20(15)25(2)31(3,28)29)21(26)24-19-9-5-4-8-18(19)22(27)23-14-17-7-6-12-30-17/h4-5,8-11,13,17H,6-7,12,14H2,1-3H3,(H,23,27)(H,24,26)/t17-/m0/s1. The largest absolute Gasteiger partial charge is 0.376 e. The van der Waals surface area contributed by atoms with Gasteiger partial charge in [0.05, 0.1) is 29.3 Å². The van der Waals surface area contributed by atoms with Gasteiger partial charge in [-0.05, 0) is 49.6 Å². The number of aryl methyl sites for hydroxylation is 1. The van der Waals surface area contributed by atoms with Gasteiger partial charge in [-0.25, -0.2) is 8.42 Å². The van der Waals surface area contributed by atoms with Gasteiger partial charge in [0.15, 0.2) is 0 Å². The normalized spacial score (nSPS) is 16.0. The summed E-state index contributed by atoms with van der Waals surface area (Å²) in [5.41, 5.74) is 2.13. The number of carbonyl (C=O) groups excluding carboxylic acids is 2. The van der Waals surface area contributed by atoms with E-state index in [0.29, 0.717) is 30.1 Å². The molecule has 2 N–H and O–H groups in total. The van der Waals surface area contributed by atoms with Gasteiger partial charge in [0.2, 0.25) is 10.0 Å². The summed E-state index contributed by atoms with van der Waals surface area (Å²) >= 11 is 0. The zero-order valence-electron chi connectivity index (χ0n) is 17.8. The fraction of sp³-hybridized carbons (Fsp3) is 0.364.